The lowest BCUT2D eigenvalue weighted by atomic mass is 9.51. The van der Waals surface area contributed by atoms with Crippen molar-refractivity contribution >= 4 is 41.4 Å². The molecule has 1 aliphatic carbocycles. The Morgan fingerprint density at radius 2 is 1.51 bits per heavy atom. The van der Waals surface area contributed by atoms with Gasteiger partial charge in [-0.15, -0.1) is 11.6 Å². The van der Waals surface area contributed by atoms with E-state index in [4.69, 9.17) is 44.8 Å². The number of carbonyl (C=O) groups is 5. The molecule has 4 aliphatic heterocycles. The maximum absolute atomic E-state index is 13.2. The molecule has 4 heterocycles. The van der Waals surface area contributed by atoms with Crippen molar-refractivity contribution in [1.82, 2.24) is 0 Å². The number of epoxide rings is 1. The zero-order valence-electron chi connectivity index (χ0n) is 23.8. The first kappa shape index (κ1) is 29.8. The van der Waals surface area contributed by atoms with E-state index >= 15 is 0 Å². The maximum atomic E-state index is 13.2. The number of rotatable bonds is 4. The molecule has 4 saturated heterocycles. The number of halogens is 1. The van der Waals surface area contributed by atoms with Gasteiger partial charge in [0.1, 0.15) is 18.3 Å². The first-order chi connectivity index (χ1) is 19.1. The lowest BCUT2D eigenvalue weighted by Gasteiger charge is -2.62. The summed E-state index contributed by atoms with van der Waals surface area (Å²) in [6.45, 7) is 12.5. The van der Waals surface area contributed by atoms with Gasteiger partial charge in [0.2, 0.25) is 0 Å². The van der Waals surface area contributed by atoms with Crippen molar-refractivity contribution in [1.29, 1.82) is 0 Å². The second-order valence-electron chi connectivity index (χ2n) is 11.9. The van der Waals surface area contributed by atoms with Gasteiger partial charge in [0.25, 0.3) is 0 Å². The van der Waals surface area contributed by atoms with Crippen LogP contribution in [0.1, 0.15) is 54.4 Å². The lowest BCUT2D eigenvalue weighted by molar-refractivity contribution is -0.308. The number of alkyl halides is 1. The van der Waals surface area contributed by atoms with Gasteiger partial charge < -0.3 is 33.2 Å². The highest BCUT2D eigenvalue weighted by Crippen LogP contribution is 2.65. The highest BCUT2D eigenvalue weighted by Gasteiger charge is 2.80. The summed E-state index contributed by atoms with van der Waals surface area (Å²) in [5, 5.41) is -1.05. The molecule has 5 rings (SSSR count). The monoisotopic (exact) mass is 598 g/mol. The summed E-state index contributed by atoms with van der Waals surface area (Å²) in [5.41, 5.74) is -3.83. The van der Waals surface area contributed by atoms with Crippen molar-refractivity contribution in [2.45, 2.75) is 108 Å². The first-order valence-corrected chi connectivity index (χ1v) is 14.1. The second-order valence-corrected chi connectivity index (χ2v) is 12.4. The molecule has 2 bridgehead atoms. The molecule has 5 aliphatic rings. The van der Waals surface area contributed by atoms with E-state index in [0.29, 0.717) is 12.8 Å². The average Bonchev–Trinajstić information content (AvgIpc) is 3.58. The van der Waals surface area contributed by atoms with Gasteiger partial charge in [-0.1, -0.05) is 13.5 Å². The minimum Gasteiger partial charge on any atom is -0.462 e. The molecule has 1 saturated carbocycles. The van der Waals surface area contributed by atoms with E-state index in [2.05, 4.69) is 6.58 Å². The molecule has 226 valence electrons. The predicted molar refractivity (Wildman–Crippen MR) is 137 cm³/mol. The number of hydrogen-bond acceptors (Lipinski definition) is 12. The molecule has 12 atom stereocenters. The molecule has 2 unspecified atom stereocenters. The Morgan fingerprint density at radius 1 is 0.951 bits per heavy atom. The van der Waals surface area contributed by atoms with Crippen LogP contribution in [0.25, 0.3) is 0 Å². The quantitative estimate of drug-likeness (QED) is 0.152. The third-order valence-electron chi connectivity index (χ3n) is 9.46. The van der Waals surface area contributed by atoms with Crippen molar-refractivity contribution in [3.8, 4) is 0 Å². The van der Waals surface area contributed by atoms with Crippen LogP contribution in [-0.4, -0.2) is 89.7 Å². The van der Waals surface area contributed by atoms with Crippen molar-refractivity contribution in [3.05, 3.63) is 12.2 Å². The van der Waals surface area contributed by atoms with Crippen molar-refractivity contribution in [2.24, 2.45) is 17.3 Å². The van der Waals surface area contributed by atoms with Gasteiger partial charge in [-0.3, -0.25) is 24.0 Å². The minimum atomic E-state index is -1.69. The highest BCUT2D eigenvalue weighted by molar-refractivity contribution is 6.23. The molecular formula is C28H35ClO12. The van der Waals surface area contributed by atoms with Gasteiger partial charge in [-0.2, -0.15) is 0 Å². The zero-order chi connectivity index (χ0) is 30.2. The number of ether oxygens (including phenoxy) is 7. The van der Waals surface area contributed by atoms with Gasteiger partial charge in [0.05, 0.1) is 28.9 Å². The minimum absolute atomic E-state index is 0.207. The predicted octanol–water partition coefficient (Wildman–Crippen LogP) is 1.77. The Morgan fingerprint density at radius 3 is 2.05 bits per heavy atom. The van der Waals surface area contributed by atoms with Crippen LogP contribution in [0.5, 0.6) is 0 Å². The molecule has 0 amide bonds. The number of carbonyl (C=O) groups excluding carboxylic acids is 5. The Balaban J connectivity index is 1.86. The zero-order valence-corrected chi connectivity index (χ0v) is 24.6. The SMILES string of the molecule is C=C1C(Cl)[C@@H]2OC(=O)C(C)[C@]23O[C@@H]1[C@@H](OC(C)=O)[C@@H](OC(C)=O)[C@@]1(C)[C@H](OC(C)=O)CC[C@]2(CO2)[C@@H]1[C@@H]3OC(C)=O. The van der Waals surface area contributed by atoms with Gasteiger partial charge >= 0.3 is 29.8 Å². The standard InChI is InChI=1S/C28H35ClO12/c1-11-18(29)22-28(12(2)25(34)40-22)24(39-16(6)33)21-26(7,17(36-13(3)30)8-9-27(21)10-35-27)23(38-15(5)32)20(19(11)41-28)37-14(4)31/h12,17-24H,1,8-10H2,2-7H3/t12?,17-,18?,19+,20-,21-,22+,23-,24+,26+,27+,28+/m1/s1. The van der Waals surface area contributed by atoms with Gasteiger partial charge in [0, 0.05) is 33.6 Å². The molecule has 0 radical (unpaired) electrons. The molecular weight excluding hydrogens is 564 g/mol. The maximum Gasteiger partial charge on any atom is 0.312 e. The van der Waals surface area contributed by atoms with Crippen LogP contribution in [0.3, 0.4) is 0 Å². The van der Waals surface area contributed by atoms with Crippen LogP contribution in [-0.2, 0) is 57.1 Å². The average molecular weight is 599 g/mol. The molecule has 0 aromatic rings. The molecule has 0 aromatic carbocycles. The normalized spacial score (nSPS) is 46.2. The molecule has 41 heavy (non-hydrogen) atoms. The van der Waals surface area contributed by atoms with E-state index in [9.17, 15) is 24.0 Å². The molecule has 5 fully saturated rings. The highest BCUT2D eigenvalue weighted by atomic mass is 35.5. The summed E-state index contributed by atoms with van der Waals surface area (Å²) in [6, 6.07) is 0. The van der Waals surface area contributed by atoms with Crippen LogP contribution >= 0.6 is 11.6 Å². The summed E-state index contributed by atoms with van der Waals surface area (Å²) < 4.78 is 42.4. The molecule has 12 nitrogen and oxygen atoms in total. The molecule has 13 heteroatoms. The van der Waals surface area contributed by atoms with Crippen LogP contribution in [0.2, 0.25) is 0 Å². The Bertz CT molecular complexity index is 1200. The molecule has 0 aromatic heterocycles. The van der Waals surface area contributed by atoms with E-state index in [1.165, 1.54) is 27.7 Å². The Kier molecular flexibility index (Phi) is 7.22. The third kappa shape index (κ3) is 4.36. The summed E-state index contributed by atoms with van der Waals surface area (Å²) in [7, 11) is 0. The van der Waals surface area contributed by atoms with Crippen LogP contribution in [0.15, 0.2) is 12.2 Å². The fraction of sp³-hybridized carbons (Fsp3) is 0.750. The topological polar surface area (TPSA) is 153 Å². The summed E-state index contributed by atoms with van der Waals surface area (Å²) in [6.07, 6.45) is -6.51. The molecule has 0 N–H and O–H groups in total. The van der Waals surface area contributed by atoms with E-state index in [-0.39, 0.29) is 12.2 Å². The van der Waals surface area contributed by atoms with Crippen LogP contribution in [0, 0.1) is 17.3 Å². The van der Waals surface area contributed by atoms with E-state index < -0.39 is 100 Å². The summed E-state index contributed by atoms with van der Waals surface area (Å²) >= 11 is 6.93. The van der Waals surface area contributed by atoms with Crippen LogP contribution < -0.4 is 0 Å². The van der Waals surface area contributed by atoms with Crippen LogP contribution in [0.4, 0.5) is 0 Å². The summed E-state index contributed by atoms with van der Waals surface area (Å²) in [4.78, 5) is 63.7. The molecule has 2 spiro atoms. The first-order valence-electron chi connectivity index (χ1n) is 13.6. The summed E-state index contributed by atoms with van der Waals surface area (Å²) in [5.74, 6) is -5.25. The van der Waals surface area contributed by atoms with Crippen molar-refractivity contribution in [2.75, 3.05) is 6.61 Å². The number of fused-ring (bicyclic) bond motifs is 3. The number of esters is 5. The van der Waals surface area contributed by atoms with E-state index in [1.54, 1.807) is 13.8 Å². The fourth-order valence-electron chi connectivity index (χ4n) is 7.78. The Hall–Kier alpha value is -2.70. The van der Waals surface area contributed by atoms with Crippen molar-refractivity contribution in [3.63, 3.8) is 0 Å². The van der Waals surface area contributed by atoms with Gasteiger partial charge in [-0.05, 0) is 25.3 Å². The fourth-order valence-corrected chi connectivity index (χ4v) is 8.15. The smallest absolute Gasteiger partial charge is 0.312 e. The second kappa shape index (κ2) is 9.95. The Labute approximate surface area is 242 Å². The number of hydrogen-bond donors (Lipinski definition) is 0. The van der Waals surface area contributed by atoms with E-state index in [1.807, 2.05) is 0 Å². The lowest BCUT2D eigenvalue weighted by Crippen LogP contribution is -2.77. The van der Waals surface area contributed by atoms with Gasteiger partial charge in [-0.25, -0.2) is 0 Å². The van der Waals surface area contributed by atoms with Crippen molar-refractivity contribution < 1.29 is 57.1 Å². The third-order valence-corrected chi connectivity index (χ3v) is 9.97. The van der Waals surface area contributed by atoms with E-state index in [0.717, 1.165) is 0 Å². The largest absolute Gasteiger partial charge is 0.462 e. The van der Waals surface area contributed by atoms with Gasteiger partial charge in [0.15, 0.2) is 23.9 Å².